The van der Waals surface area contributed by atoms with Crippen LogP contribution in [0.5, 0.6) is 5.75 Å². The third kappa shape index (κ3) is 5.44. The Morgan fingerprint density at radius 1 is 1.19 bits per heavy atom. The number of carbonyl (C=O) groups excluding carboxylic acids is 2. The van der Waals surface area contributed by atoms with Crippen molar-refractivity contribution < 1.29 is 23.8 Å². The first kappa shape index (κ1) is 25.1. The maximum atomic E-state index is 14.3. The van der Waals surface area contributed by atoms with Gasteiger partial charge in [0, 0.05) is 23.3 Å². The number of aromatic amines is 1. The lowest BCUT2D eigenvalue weighted by molar-refractivity contribution is -0.124. The van der Waals surface area contributed by atoms with Gasteiger partial charge in [-0.05, 0) is 69.1 Å². The normalized spacial score (nSPS) is 21.6. The topological polar surface area (TPSA) is 129 Å². The summed E-state index contributed by atoms with van der Waals surface area (Å²) in [6, 6.07) is 4.30. The third-order valence-electron chi connectivity index (χ3n) is 7.36. The number of amides is 2. The molecule has 5 rings (SSSR count). The minimum atomic E-state index is -0.529. The van der Waals surface area contributed by atoms with Gasteiger partial charge in [-0.1, -0.05) is 6.92 Å². The summed E-state index contributed by atoms with van der Waals surface area (Å²) in [7, 11) is 0. The number of hydrogen-bond acceptors (Lipinski definition) is 6. The van der Waals surface area contributed by atoms with Gasteiger partial charge >= 0.3 is 0 Å². The van der Waals surface area contributed by atoms with Gasteiger partial charge in [0.15, 0.2) is 0 Å². The van der Waals surface area contributed by atoms with Crippen LogP contribution in [0, 0.1) is 24.6 Å². The summed E-state index contributed by atoms with van der Waals surface area (Å²) >= 11 is 0. The van der Waals surface area contributed by atoms with Crippen LogP contribution in [0.2, 0.25) is 0 Å². The van der Waals surface area contributed by atoms with Gasteiger partial charge < -0.3 is 25.5 Å². The number of aliphatic hydroxyl groups is 1. The number of fused-ring (bicyclic) bond motifs is 1. The summed E-state index contributed by atoms with van der Waals surface area (Å²) < 4.78 is 20.3. The molecular weight excluding hydrogens is 477 g/mol. The number of aryl methyl sites for hydroxylation is 1. The fraction of sp³-hybridized carbons (Fsp3) is 0.481. The van der Waals surface area contributed by atoms with E-state index in [0.717, 1.165) is 12.8 Å². The van der Waals surface area contributed by atoms with Crippen molar-refractivity contribution in [1.82, 2.24) is 25.6 Å². The quantitative estimate of drug-likeness (QED) is 0.369. The average molecular weight is 510 g/mol. The number of hydrogen-bond donors (Lipinski definition) is 4. The Labute approximate surface area is 214 Å². The number of aliphatic hydroxyl groups excluding tert-OH is 1. The predicted molar refractivity (Wildman–Crippen MR) is 136 cm³/mol. The second kappa shape index (κ2) is 10.5. The van der Waals surface area contributed by atoms with Gasteiger partial charge in [0.25, 0.3) is 5.91 Å². The summed E-state index contributed by atoms with van der Waals surface area (Å²) in [5.74, 6) is 0.189. The fourth-order valence-corrected chi connectivity index (χ4v) is 5.16. The first-order valence-electron chi connectivity index (χ1n) is 12.8. The molecule has 2 amide bonds. The molecule has 4 N–H and O–H groups in total. The summed E-state index contributed by atoms with van der Waals surface area (Å²) in [6.07, 6.45) is 5.79. The Balaban J connectivity index is 1.39. The van der Waals surface area contributed by atoms with Crippen LogP contribution in [0.4, 0.5) is 4.39 Å². The van der Waals surface area contributed by atoms with Crippen LogP contribution in [0.15, 0.2) is 24.5 Å². The molecule has 2 saturated carbocycles. The highest BCUT2D eigenvalue weighted by Gasteiger charge is 2.31. The Morgan fingerprint density at radius 2 is 2.00 bits per heavy atom. The van der Waals surface area contributed by atoms with Gasteiger partial charge in [0.1, 0.15) is 35.7 Å². The molecule has 0 aliphatic heterocycles. The number of nitrogens with zero attached hydrogens (tertiary/aromatic N) is 2. The molecule has 37 heavy (non-hydrogen) atoms. The van der Waals surface area contributed by atoms with Gasteiger partial charge in [-0.25, -0.2) is 14.4 Å². The molecule has 10 heteroatoms. The number of carbonyl (C=O) groups is 2. The number of ether oxygens (including phenoxy) is 1. The molecule has 3 aromatic rings. The molecule has 3 atom stereocenters. The van der Waals surface area contributed by atoms with E-state index in [1.807, 2.05) is 6.92 Å². The zero-order valence-electron chi connectivity index (χ0n) is 21.0. The Hall–Kier alpha value is -3.53. The molecule has 9 nitrogen and oxygen atoms in total. The van der Waals surface area contributed by atoms with E-state index in [1.165, 1.54) is 18.5 Å². The van der Waals surface area contributed by atoms with Crippen LogP contribution in [-0.4, -0.2) is 57.2 Å². The van der Waals surface area contributed by atoms with E-state index in [9.17, 15) is 14.0 Å². The largest absolute Gasteiger partial charge is 0.493 e. The van der Waals surface area contributed by atoms with Crippen molar-refractivity contribution in [3.8, 4) is 17.0 Å². The molecule has 0 unspecified atom stereocenters. The minimum Gasteiger partial charge on any atom is -0.493 e. The number of nitrogens with one attached hydrogen (secondary N) is 3. The molecule has 0 bridgehead atoms. The Bertz CT molecular complexity index is 1320. The lowest BCUT2D eigenvalue weighted by Crippen LogP contribution is -2.48. The SMILES string of the molecule is Cc1[nH]c2c(-c3cc(F)ccc3OCC3CC3)ncnc2c1C(=O)N[C@H]1CC[C@@H](NC(=O)CO)C[C@H]1C. The second-order valence-electron chi connectivity index (χ2n) is 10.3. The van der Waals surface area contributed by atoms with E-state index >= 15 is 0 Å². The van der Waals surface area contributed by atoms with Crippen molar-refractivity contribution in [3.05, 3.63) is 41.6 Å². The molecule has 0 radical (unpaired) electrons. The van der Waals surface area contributed by atoms with Crippen LogP contribution < -0.4 is 15.4 Å². The average Bonchev–Trinajstić information content (AvgIpc) is 3.64. The highest BCUT2D eigenvalue weighted by atomic mass is 19.1. The second-order valence-corrected chi connectivity index (χ2v) is 10.3. The molecule has 2 heterocycles. The van der Waals surface area contributed by atoms with E-state index < -0.39 is 12.4 Å². The van der Waals surface area contributed by atoms with Crippen molar-refractivity contribution in [2.24, 2.45) is 11.8 Å². The van der Waals surface area contributed by atoms with E-state index in [0.29, 0.717) is 71.1 Å². The highest BCUT2D eigenvalue weighted by molar-refractivity contribution is 6.09. The van der Waals surface area contributed by atoms with E-state index in [-0.39, 0.29) is 29.8 Å². The van der Waals surface area contributed by atoms with Crippen molar-refractivity contribution in [1.29, 1.82) is 0 Å². The third-order valence-corrected chi connectivity index (χ3v) is 7.36. The molecule has 2 fully saturated rings. The Morgan fingerprint density at radius 3 is 2.73 bits per heavy atom. The summed E-state index contributed by atoms with van der Waals surface area (Å²) in [5, 5.41) is 15.0. The molecular formula is C27H32FN5O4. The smallest absolute Gasteiger partial charge is 0.255 e. The van der Waals surface area contributed by atoms with Gasteiger partial charge in [-0.3, -0.25) is 9.59 Å². The molecule has 196 valence electrons. The molecule has 2 aromatic heterocycles. The van der Waals surface area contributed by atoms with Gasteiger partial charge in [-0.15, -0.1) is 0 Å². The summed E-state index contributed by atoms with van der Waals surface area (Å²) in [6.45, 7) is 3.89. The van der Waals surface area contributed by atoms with Crippen LogP contribution in [0.3, 0.4) is 0 Å². The maximum absolute atomic E-state index is 14.3. The van der Waals surface area contributed by atoms with Gasteiger partial charge in [0.05, 0.1) is 17.7 Å². The number of halogens is 1. The zero-order chi connectivity index (χ0) is 26.1. The number of H-pyrrole nitrogens is 1. The van der Waals surface area contributed by atoms with Crippen molar-refractivity contribution in [2.75, 3.05) is 13.2 Å². The number of aromatic nitrogens is 3. The molecule has 2 aliphatic carbocycles. The molecule has 1 aromatic carbocycles. The van der Waals surface area contributed by atoms with Crippen LogP contribution in [-0.2, 0) is 4.79 Å². The standard InChI is InChI=1S/C27H32FN5O4/c1-14-9-18(32-22(35)11-34)6-7-20(14)33-27(36)23-15(2)31-26-24(29-13-30-25(23)26)19-10-17(28)5-8-21(19)37-12-16-3-4-16/h5,8,10,13-14,16,18,20,31,34H,3-4,6-7,9,11-12H2,1-2H3,(H,32,35)(H,33,36)/t14-,18-,20+/m1/s1. The monoisotopic (exact) mass is 509 g/mol. The van der Waals surface area contributed by atoms with E-state index in [4.69, 9.17) is 9.84 Å². The van der Waals surface area contributed by atoms with Crippen molar-refractivity contribution in [3.63, 3.8) is 0 Å². The van der Waals surface area contributed by atoms with E-state index in [1.54, 1.807) is 13.0 Å². The molecule has 0 saturated heterocycles. The van der Waals surface area contributed by atoms with Crippen molar-refractivity contribution in [2.45, 2.75) is 58.0 Å². The highest BCUT2D eigenvalue weighted by Crippen LogP contribution is 2.37. The molecule has 0 spiro atoms. The van der Waals surface area contributed by atoms with Crippen LogP contribution in [0.25, 0.3) is 22.3 Å². The Kier molecular flexibility index (Phi) is 7.10. The van der Waals surface area contributed by atoms with E-state index in [2.05, 4.69) is 25.6 Å². The first-order chi connectivity index (χ1) is 17.8. The number of rotatable bonds is 8. The fourth-order valence-electron chi connectivity index (χ4n) is 5.16. The predicted octanol–water partition coefficient (Wildman–Crippen LogP) is 3.26. The summed E-state index contributed by atoms with van der Waals surface area (Å²) in [5.41, 5.74) is 3.08. The van der Waals surface area contributed by atoms with Crippen LogP contribution in [0.1, 0.15) is 55.1 Å². The van der Waals surface area contributed by atoms with Gasteiger partial charge in [-0.2, -0.15) is 0 Å². The first-order valence-corrected chi connectivity index (χ1v) is 12.8. The summed E-state index contributed by atoms with van der Waals surface area (Å²) in [4.78, 5) is 37.0. The number of benzene rings is 1. The lowest BCUT2D eigenvalue weighted by atomic mass is 9.82. The minimum absolute atomic E-state index is 0.0180. The maximum Gasteiger partial charge on any atom is 0.255 e. The molecule has 2 aliphatic rings. The lowest BCUT2D eigenvalue weighted by Gasteiger charge is -2.35. The van der Waals surface area contributed by atoms with Crippen molar-refractivity contribution >= 4 is 22.8 Å². The zero-order valence-corrected chi connectivity index (χ0v) is 21.0. The van der Waals surface area contributed by atoms with Gasteiger partial charge in [0.2, 0.25) is 5.91 Å². The van der Waals surface area contributed by atoms with Crippen LogP contribution >= 0.6 is 0 Å².